The molecule has 162 valence electrons. The average molecular weight is 472 g/mol. The lowest BCUT2D eigenvalue weighted by Gasteiger charge is -2.22. The highest BCUT2D eigenvalue weighted by atomic mass is 35.5. The van der Waals surface area contributed by atoms with Crippen molar-refractivity contribution in [3.8, 4) is 5.75 Å². The van der Waals surface area contributed by atoms with Crippen molar-refractivity contribution in [2.75, 3.05) is 39.2 Å². The molecule has 1 aliphatic heterocycles. The molecule has 1 unspecified atom stereocenters. The molecule has 2 aromatic carbocycles. The highest BCUT2D eigenvalue weighted by molar-refractivity contribution is 7.89. The molecule has 1 aliphatic rings. The summed E-state index contributed by atoms with van der Waals surface area (Å²) in [5.41, 5.74) is 0.984. The second-order valence-electron chi connectivity index (χ2n) is 7.15. The quantitative estimate of drug-likeness (QED) is 0.699. The average Bonchev–Trinajstić information content (AvgIpc) is 3.16. The molecular formula is C20H23Cl2N3O4S. The van der Waals surface area contributed by atoms with Crippen molar-refractivity contribution >= 4 is 44.8 Å². The molecule has 1 fully saturated rings. The van der Waals surface area contributed by atoms with Gasteiger partial charge in [0.2, 0.25) is 10.0 Å². The Hall–Kier alpha value is -2.00. The Morgan fingerprint density at radius 2 is 1.93 bits per heavy atom. The molecule has 1 N–H and O–H groups in total. The third-order valence-electron chi connectivity index (χ3n) is 4.97. The van der Waals surface area contributed by atoms with E-state index < -0.39 is 15.9 Å². The van der Waals surface area contributed by atoms with Crippen LogP contribution >= 0.6 is 23.2 Å². The lowest BCUT2D eigenvalue weighted by atomic mass is 10.2. The van der Waals surface area contributed by atoms with Crippen LogP contribution in [0, 0.1) is 0 Å². The van der Waals surface area contributed by atoms with Crippen LogP contribution in [-0.2, 0) is 10.0 Å². The third-order valence-corrected chi connectivity index (χ3v) is 7.34. The van der Waals surface area contributed by atoms with E-state index in [-0.39, 0.29) is 21.5 Å². The molecule has 0 saturated carbocycles. The van der Waals surface area contributed by atoms with E-state index in [1.165, 1.54) is 32.3 Å². The number of benzene rings is 2. The van der Waals surface area contributed by atoms with E-state index in [2.05, 4.69) is 10.2 Å². The zero-order valence-electron chi connectivity index (χ0n) is 16.9. The van der Waals surface area contributed by atoms with Gasteiger partial charge in [-0.2, -0.15) is 0 Å². The number of carbonyl (C=O) groups excluding carboxylic acids is 1. The fraction of sp³-hybridized carbons (Fsp3) is 0.350. The number of hydrogen-bond donors (Lipinski definition) is 1. The van der Waals surface area contributed by atoms with Crippen molar-refractivity contribution in [3.05, 3.63) is 52.0 Å². The topological polar surface area (TPSA) is 79.0 Å². The highest BCUT2D eigenvalue weighted by Crippen LogP contribution is 2.33. The number of methoxy groups -OCH3 is 1. The fourth-order valence-corrected chi connectivity index (χ4v) is 4.62. The van der Waals surface area contributed by atoms with E-state index in [9.17, 15) is 13.2 Å². The zero-order valence-corrected chi connectivity index (χ0v) is 19.2. The minimum absolute atomic E-state index is 0.0127. The van der Waals surface area contributed by atoms with E-state index in [1.807, 2.05) is 6.07 Å². The van der Waals surface area contributed by atoms with Gasteiger partial charge in [0.1, 0.15) is 5.75 Å². The van der Waals surface area contributed by atoms with Gasteiger partial charge >= 0.3 is 0 Å². The molecule has 0 spiro atoms. The first-order valence-corrected chi connectivity index (χ1v) is 11.4. The Balaban J connectivity index is 1.76. The second kappa shape index (κ2) is 9.01. The molecule has 0 bridgehead atoms. The van der Waals surface area contributed by atoms with Crippen molar-refractivity contribution < 1.29 is 17.9 Å². The zero-order chi connectivity index (χ0) is 22.1. The molecule has 1 saturated heterocycles. The van der Waals surface area contributed by atoms with E-state index in [0.717, 1.165) is 9.99 Å². The van der Waals surface area contributed by atoms with Gasteiger partial charge in [-0.05, 0) is 42.8 Å². The highest BCUT2D eigenvalue weighted by Gasteiger charge is 2.28. The van der Waals surface area contributed by atoms with Crippen molar-refractivity contribution in [2.45, 2.75) is 17.4 Å². The number of rotatable bonds is 6. The first-order valence-electron chi connectivity index (χ1n) is 9.25. The van der Waals surface area contributed by atoms with Gasteiger partial charge in [-0.15, -0.1) is 0 Å². The first-order chi connectivity index (χ1) is 14.1. The number of sulfonamides is 1. The summed E-state index contributed by atoms with van der Waals surface area (Å²) in [5, 5.41) is 3.74. The van der Waals surface area contributed by atoms with Crippen LogP contribution in [0.4, 0.5) is 5.69 Å². The summed E-state index contributed by atoms with van der Waals surface area (Å²) in [5.74, 6) is 0.289. The summed E-state index contributed by atoms with van der Waals surface area (Å²) < 4.78 is 31.2. The van der Waals surface area contributed by atoms with Crippen LogP contribution in [0.2, 0.25) is 10.0 Å². The number of ether oxygens (including phenoxy) is 1. The maximum Gasteiger partial charge on any atom is 0.253 e. The molecule has 3 rings (SSSR count). The predicted molar refractivity (Wildman–Crippen MR) is 118 cm³/mol. The molecule has 30 heavy (non-hydrogen) atoms. The van der Waals surface area contributed by atoms with Crippen LogP contribution in [0.1, 0.15) is 16.8 Å². The number of amides is 1. The fourth-order valence-electron chi connectivity index (χ4n) is 3.32. The van der Waals surface area contributed by atoms with Gasteiger partial charge in [0.25, 0.3) is 5.91 Å². The number of anilines is 1. The van der Waals surface area contributed by atoms with E-state index in [4.69, 9.17) is 27.9 Å². The molecule has 1 atom stereocenters. The number of carbonyl (C=O) groups is 1. The molecule has 0 aliphatic carbocycles. The summed E-state index contributed by atoms with van der Waals surface area (Å²) in [7, 11) is 0.786. The van der Waals surface area contributed by atoms with Crippen LogP contribution in [0.5, 0.6) is 5.75 Å². The minimum atomic E-state index is -3.67. The van der Waals surface area contributed by atoms with Crippen molar-refractivity contribution in [1.82, 2.24) is 9.62 Å². The minimum Gasteiger partial charge on any atom is -0.495 e. The third kappa shape index (κ3) is 4.67. The lowest BCUT2D eigenvalue weighted by molar-refractivity contribution is 0.0940. The van der Waals surface area contributed by atoms with Gasteiger partial charge in [-0.3, -0.25) is 4.79 Å². The molecule has 0 radical (unpaired) electrons. The van der Waals surface area contributed by atoms with Crippen LogP contribution in [0.25, 0.3) is 0 Å². The van der Waals surface area contributed by atoms with E-state index in [0.29, 0.717) is 30.3 Å². The van der Waals surface area contributed by atoms with Crippen LogP contribution < -0.4 is 15.0 Å². The molecular weight excluding hydrogens is 449 g/mol. The lowest BCUT2D eigenvalue weighted by Crippen LogP contribution is -2.37. The van der Waals surface area contributed by atoms with Crippen LogP contribution in [0.15, 0.2) is 41.3 Å². The summed E-state index contributed by atoms with van der Waals surface area (Å²) >= 11 is 12.3. The van der Waals surface area contributed by atoms with Gasteiger partial charge in [0.15, 0.2) is 0 Å². The SMILES string of the molecule is COc1ccc(Cl)cc1N1CCC(NC(=O)c2cc(S(=O)(=O)N(C)C)ccc2Cl)C1. The number of nitrogens with one attached hydrogen (secondary N) is 1. The van der Waals surface area contributed by atoms with Gasteiger partial charge in [-0.1, -0.05) is 23.2 Å². The monoisotopic (exact) mass is 471 g/mol. The number of halogens is 2. The number of hydrogen-bond acceptors (Lipinski definition) is 5. The van der Waals surface area contributed by atoms with Crippen LogP contribution in [-0.4, -0.2) is 59.0 Å². The molecule has 10 heteroatoms. The van der Waals surface area contributed by atoms with Crippen molar-refractivity contribution in [2.24, 2.45) is 0 Å². The summed E-state index contributed by atoms with van der Waals surface area (Å²) in [6.45, 7) is 1.28. The predicted octanol–water partition coefficient (Wildman–Crippen LogP) is 3.26. The Morgan fingerprint density at radius 1 is 1.20 bits per heavy atom. The second-order valence-corrected chi connectivity index (χ2v) is 10.1. The smallest absolute Gasteiger partial charge is 0.253 e. The Bertz CT molecular complexity index is 1060. The standard InChI is InChI=1S/C20H23Cl2N3O4S/c1-24(2)30(27,28)15-5-6-17(22)16(11-15)20(26)23-14-8-9-25(12-14)18-10-13(21)4-7-19(18)29-3/h4-7,10-11,14H,8-9,12H2,1-3H3,(H,23,26). The Kier molecular flexibility index (Phi) is 6.81. The first kappa shape index (κ1) is 22.7. The molecule has 2 aromatic rings. The summed E-state index contributed by atoms with van der Waals surface area (Å²) in [4.78, 5) is 14.9. The van der Waals surface area contributed by atoms with Gasteiger partial charge in [0, 0.05) is 38.2 Å². The Morgan fingerprint density at radius 3 is 2.60 bits per heavy atom. The molecule has 1 amide bonds. The summed E-state index contributed by atoms with van der Waals surface area (Å²) in [6, 6.07) is 9.38. The number of nitrogens with zero attached hydrogens (tertiary/aromatic N) is 2. The van der Waals surface area contributed by atoms with E-state index in [1.54, 1.807) is 19.2 Å². The Labute approximate surface area is 186 Å². The maximum atomic E-state index is 12.8. The largest absolute Gasteiger partial charge is 0.495 e. The normalized spacial score (nSPS) is 16.7. The maximum absolute atomic E-state index is 12.8. The molecule has 1 heterocycles. The van der Waals surface area contributed by atoms with E-state index >= 15 is 0 Å². The molecule has 0 aromatic heterocycles. The summed E-state index contributed by atoms with van der Waals surface area (Å²) in [6.07, 6.45) is 0.717. The van der Waals surface area contributed by atoms with Crippen molar-refractivity contribution in [3.63, 3.8) is 0 Å². The molecule has 7 nitrogen and oxygen atoms in total. The van der Waals surface area contributed by atoms with Gasteiger partial charge < -0.3 is 15.0 Å². The van der Waals surface area contributed by atoms with Gasteiger partial charge in [0.05, 0.1) is 28.3 Å². The van der Waals surface area contributed by atoms with Crippen molar-refractivity contribution in [1.29, 1.82) is 0 Å². The van der Waals surface area contributed by atoms with Gasteiger partial charge in [-0.25, -0.2) is 12.7 Å². The van der Waals surface area contributed by atoms with Crippen LogP contribution in [0.3, 0.4) is 0 Å².